The Bertz CT molecular complexity index is 566. The van der Waals surface area contributed by atoms with E-state index in [4.69, 9.17) is 0 Å². The zero-order valence-electron chi connectivity index (χ0n) is 11.7. The van der Waals surface area contributed by atoms with Crippen LogP contribution in [0, 0.1) is 13.8 Å². The van der Waals surface area contributed by atoms with Crippen molar-refractivity contribution in [2.45, 2.75) is 27.0 Å². The predicted molar refractivity (Wildman–Crippen MR) is 78.2 cm³/mol. The second-order valence-corrected chi connectivity index (χ2v) is 4.90. The molecule has 0 aliphatic heterocycles. The molecule has 0 amide bonds. The van der Waals surface area contributed by atoms with Crippen LogP contribution >= 0.6 is 0 Å². The van der Waals surface area contributed by atoms with Crippen molar-refractivity contribution in [3.63, 3.8) is 0 Å². The molecular formula is C16H20N2O. The first kappa shape index (κ1) is 13.6. The van der Waals surface area contributed by atoms with Gasteiger partial charge in [0.05, 0.1) is 6.61 Å². The maximum atomic E-state index is 9.41. The van der Waals surface area contributed by atoms with E-state index in [1.807, 2.05) is 20.0 Å². The monoisotopic (exact) mass is 256 g/mol. The van der Waals surface area contributed by atoms with E-state index in [1.165, 1.54) is 11.1 Å². The summed E-state index contributed by atoms with van der Waals surface area (Å²) in [5, 5.41) is 9.41. The smallest absolute Gasteiger partial charge is 0.0717 e. The fraction of sp³-hybridized carbons (Fsp3) is 0.312. The lowest BCUT2D eigenvalue weighted by Crippen LogP contribution is -2.19. The first-order valence-corrected chi connectivity index (χ1v) is 6.44. The van der Waals surface area contributed by atoms with E-state index in [0.717, 1.165) is 23.5 Å². The SMILES string of the molecule is Cc1cc(N(C)Cc2ccccc2C)c(CO)cn1. The first-order valence-electron chi connectivity index (χ1n) is 6.44. The molecule has 0 spiro atoms. The van der Waals surface area contributed by atoms with E-state index in [0.29, 0.717) is 0 Å². The summed E-state index contributed by atoms with van der Waals surface area (Å²) in [4.78, 5) is 6.39. The maximum absolute atomic E-state index is 9.41. The summed E-state index contributed by atoms with van der Waals surface area (Å²) < 4.78 is 0. The average Bonchev–Trinajstić information content (AvgIpc) is 2.41. The minimum Gasteiger partial charge on any atom is -0.392 e. The first-order chi connectivity index (χ1) is 9.11. The van der Waals surface area contributed by atoms with Gasteiger partial charge in [-0.15, -0.1) is 0 Å². The van der Waals surface area contributed by atoms with Crippen molar-refractivity contribution in [1.82, 2.24) is 4.98 Å². The van der Waals surface area contributed by atoms with Crippen LogP contribution in [-0.2, 0) is 13.2 Å². The highest BCUT2D eigenvalue weighted by atomic mass is 16.3. The van der Waals surface area contributed by atoms with Crippen molar-refractivity contribution in [2.75, 3.05) is 11.9 Å². The van der Waals surface area contributed by atoms with Crippen LogP contribution in [0.1, 0.15) is 22.4 Å². The van der Waals surface area contributed by atoms with Crippen LogP contribution in [0.2, 0.25) is 0 Å². The molecule has 1 heterocycles. The number of aryl methyl sites for hydroxylation is 2. The van der Waals surface area contributed by atoms with E-state index in [-0.39, 0.29) is 6.61 Å². The molecule has 100 valence electrons. The summed E-state index contributed by atoms with van der Waals surface area (Å²) >= 11 is 0. The van der Waals surface area contributed by atoms with Crippen molar-refractivity contribution >= 4 is 5.69 Å². The van der Waals surface area contributed by atoms with Gasteiger partial charge in [-0.3, -0.25) is 4.98 Å². The van der Waals surface area contributed by atoms with Gasteiger partial charge in [0.1, 0.15) is 0 Å². The molecule has 3 heteroatoms. The lowest BCUT2D eigenvalue weighted by atomic mass is 10.1. The summed E-state index contributed by atoms with van der Waals surface area (Å²) in [6, 6.07) is 10.4. The van der Waals surface area contributed by atoms with Gasteiger partial charge in [0.15, 0.2) is 0 Å². The van der Waals surface area contributed by atoms with Gasteiger partial charge in [-0.05, 0) is 31.0 Å². The quantitative estimate of drug-likeness (QED) is 0.913. The molecule has 0 atom stereocenters. The summed E-state index contributed by atoms with van der Waals surface area (Å²) in [7, 11) is 2.04. The van der Waals surface area contributed by atoms with Gasteiger partial charge in [-0.2, -0.15) is 0 Å². The molecule has 0 radical (unpaired) electrons. The van der Waals surface area contributed by atoms with Crippen LogP contribution in [0.5, 0.6) is 0 Å². The van der Waals surface area contributed by atoms with Gasteiger partial charge in [0.2, 0.25) is 0 Å². The van der Waals surface area contributed by atoms with Crippen LogP contribution in [0.3, 0.4) is 0 Å². The number of aliphatic hydroxyl groups is 1. The predicted octanol–water partition coefficient (Wildman–Crippen LogP) is 2.83. The number of hydrogen-bond donors (Lipinski definition) is 1. The minimum atomic E-state index is 0.0146. The van der Waals surface area contributed by atoms with Crippen LogP contribution in [0.25, 0.3) is 0 Å². The van der Waals surface area contributed by atoms with Crippen molar-refractivity contribution in [3.8, 4) is 0 Å². The number of hydrogen-bond acceptors (Lipinski definition) is 3. The Morgan fingerprint density at radius 2 is 1.89 bits per heavy atom. The Morgan fingerprint density at radius 1 is 1.16 bits per heavy atom. The zero-order valence-corrected chi connectivity index (χ0v) is 11.7. The highest BCUT2D eigenvalue weighted by Gasteiger charge is 2.09. The van der Waals surface area contributed by atoms with E-state index in [2.05, 4.69) is 41.1 Å². The van der Waals surface area contributed by atoms with Gasteiger partial charge in [0, 0.05) is 36.7 Å². The fourth-order valence-electron chi connectivity index (χ4n) is 2.18. The number of aliphatic hydroxyl groups excluding tert-OH is 1. The van der Waals surface area contributed by atoms with Gasteiger partial charge >= 0.3 is 0 Å². The Hall–Kier alpha value is -1.87. The van der Waals surface area contributed by atoms with E-state index in [1.54, 1.807) is 6.20 Å². The largest absolute Gasteiger partial charge is 0.392 e. The summed E-state index contributed by atoms with van der Waals surface area (Å²) in [6.07, 6.45) is 1.75. The number of aromatic nitrogens is 1. The molecule has 2 aromatic rings. The Kier molecular flexibility index (Phi) is 4.17. The molecule has 0 bridgehead atoms. The second-order valence-electron chi connectivity index (χ2n) is 4.90. The van der Waals surface area contributed by atoms with Crippen LogP contribution in [0.4, 0.5) is 5.69 Å². The van der Waals surface area contributed by atoms with E-state index >= 15 is 0 Å². The van der Waals surface area contributed by atoms with Gasteiger partial charge in [-0.1, -0.05) is 24.3 Å². The topological polar surface area (TPSA) is 36.4 Å². The summed E-state index contributed by atoms with van der Waals surface area (Å²) in [5.74, 6) is 0. The average molecular weight is 256 g/mol. The molecule has 0 unspecified atom stereocenters. The highest BCUT2D eigenvalue weighted by Crippen LogP contribution is 2.22. The van der Waals surface area contributed by atoms with Crippen LogP contribution in [0.15, 0.2) is 36.5 Å². The standard InChI is InChI=1S/C16H20N2O/c1-12-6-4-5-7-14(12)10-18(3)16-8-13(2)17-9-15(16)11-19/h4-9,19H,10-11H2,1-3H3. The van der Waals surface area contributed by atoms with Gasteiger partial charge in [-0.25, -0.2) is 0 Å². The molecule has 0 aliphatic rings. The number of pyridine rings is 1. The number of benzene rings is 1. The second kappa shape index (κ2) is 5.85. The highest BCUT2D eigenvalue weighted by molar-refractivity contribution is 5.53. The number of rotatable bonds is 4. The van der Waals surface area contributed by atoms with Crippen LogP contribution in [-0.4, -0.2) is 17.1 Å². The molecule has 0 fully saturated rings. The Morgan fingerprint density at radius 3 is 2.58 bits per heavy atom. The summed E-state index contributed by atoms with van der Waals surface area (Å²) in [6.45, 7) is 4.92. The third kappa shape index (κ3) is 3.12. The van der Waals surface area contributed by atoms with Gasteiger partial charge < -0.3 is 10.0 Å². The van der Waals surface area contributed by atoms with Crippen molar-refractivity contribution in [2.24, 2.45) is 0 Å². The molecule has 1 N–H and O–H groups in total. The van der Waals surface area contributed by atoms with Crippen LogP contribution < -0.4 is 4.90 Å². The van der Waals surface area contributed by atoms with Crippen molar-refractivity contribution < 1.29 is 5.11 Å². The summed E-state index contributed by atoms with van der Waals surface area (Å²) in [5.41, 5.74) is 5.44. The van der Waals surface area contributed by atoms with Gasteiger partial charge in [0.25, 0.3) is 0 Å². The Balaban J connectivity index is 2.27. The van der Waals surface area contributed by atoms with E-state index < -0.39 is 0 Å². The lowest BCUT2D eigenvalue weighted by Gasteiger charge is -2.23. The molecule has 2 rings (SSSR count). The molecule has 1 aromatic carbocycles. The van der Waals surface area contributed by atoms with Crippen molar-refractivity contribution in [1.29, 1.82) is 0 Å². The molecule has 19 heavy (non-hydrogen) atoms. The zero-order chi connectivity index (χ0) is 13.8. The molecule has 0 saturated heterocycles. The number of anilines is 1. The molecular weight excluding hydrogens is 236 g/mol. The third-order valence-electron chi connectivity index (χ3n) is 3.35. The van der Waals surface area contributed by atoms with Crippen molar-refractivity contribution in [3.05, 3.63) is 58.9 Å². The molecule has 0 aliphatic carbocycles. The normalized spacial score (nSPS) is 10.5. The molecule has 1 aromatic heterocycles. The molecule has 3 nitrogen and oxygen atoms in total. The maximum Gasteiger partial charge on any atom is 0.0717 e. The molecule has 0 saturated carbocycles. The lowest BCUT2D eigenvalue weighted by molar-refractivity contribution is 0.281. The minimum absolute atomic E-state index is 0.0146. The fourth-order valence-corrected chi connectivity index (χ4v) is 2.18. The third-order valence-corrected chi connectivity index (χ3v) is 3.35. The Labute approximate surface area is 114 Å². The number of nitrogens with zero attached hydrogens (tertiary/aromatic N) is 2. The van der Waals surface area contributed by atoms with E-state index in [9.17, 15) is 5.11 Å².